The van der Waals surface area contributed by atoms with Crippen LogP contribution in [0.15, 0.2) is 188 Å². The molecule has 4 heterocycles. The first-order valence-corrected chi connectivity index (χ1v) is 24.6. The Hall–Kier alpha value is -8.28. The number of hydrogen-bond acceptors (Lipinski definition) is 2. The molecule has 0 aliphatic carbocycles. The van der Waals surface area contributed by atoms with Gasteiger partial charge in [0.2, 0.25) is 0 Å². The predicted molar refractivity (Wildman–Crippen MR) is 297 cm³/mol. The topological polar surface area (TPSA) is 16.3 Å². The Labute approximate surface area is 400 Å². The molecule has 0 radical (unpaired) electrons. The van der Waals surface area contributed by atoms with Gasteiger partial charge in [0.25, 0.3) is 6.71 Å². The quantitative estimate of drug-likeness (QED) is 0.129. The molecule has 0 saturated heterocycles. The van der Waals surface area contributed by atoms with Crippen LogP contribution in [-0.4, -0.2) is 15.8 Å². The lowest BCUT2D eigenvalue weighted by atomic mass is 9.36. The molecule has 13 aromatic rings. The van der Waals surface area contributed by atoms with Gasteiger partial charge in [-0.3, -0.25) is 0 Å². The van der Waals surface area contributed by atoms with Crippen LogP contribution < -0.4 is 26.4 Å². The zero-order valence-electron chi connectivity index (χ0n) is 39.2. The fraction of sp³-hybridized carbons (Fsp3) is 0.0938. The Morgan fingerprint density at radius 3 is 1.04 bits per heavy atom. The summed E-state index contributed by atoms with van der Waals surface area (Å²) >= 11 is 0. The van der Waals surface area contributed by atoms with Crippen LogP contribution in [-0.2, 0) is 26.9 Å². The van der Waals surface area contributed by atoms with E-state index in [0.717, 1.165) is 24.2 Å². The first-order chi connectivity index (χ1) is 34.0. The van der Waals surface area contributed by atoms with Crippen LogP contribution in [0.5, 0.6) is 0 Å². The Morgan fingerprint density at radius 2 is 0.681 bits per heavy atom. The van der Waals surface area contributed by atoms with Crippen LogP contribution >= 0.6 is 0 Å². The number of nitrogens with zero attached hydrogens (tertiary/aromatic N) is 4. The highest BCUT2D eigenvalue weighted by Gasteiger charge is 2.48. The van der Waals surface area contributed by atoms with Crippen LogP contribution in [0.3, 0.4) is 0 Å². The van der Waals surface area contributed by atoms with Crippen LogP contribution in [0.2, 0.25) is 0 Å². The molecule has 0 fully saturated rings. The maximum absolute atomic E-state index is 2.62. The molecule has 0 spiro atoms. The van der Waals surface area contributed by atoms with Crippen molar-refractivity contribution in [3.05, 3.63) is 199 Å². The van der Waals surface area contributed by atoms with E-state index in [1.54, 1.807) is 0 Å². The molecule has 15 rings (SSSR count). The molecule has 0 N–H and O–H groups in total. The lowest BCUT2D eigenvalue weighted by Crippen LogP contribution is -2.64. The molecule has 0 bridgehead atoms. The van der Waals surface area contributed by atoms with E-state index < -0.39 is 0 Å². The third-order valence-corrected chi connectivity index (χ3v) is 16.2. The largest absolute Gasteiger partial charge is 0.353 e. The van der Waals surface area contributed by atoms with Crippen molar-refractivity contribution in [3.63, 3.8) is 0 Å². The fourth-order valence-corrected chi connectivity index (χ4v) is 13.0. The maximum atomic E-state index is 2.62. The van der Waals surface area contributed by atoms with Crippen molar-refractivity contribution in [1.29, 1.82) is 0 Å². The smallest absolute Gasteiger partial charge is 0.292 e. The van der Waals surface area contributed by atoms with Gasteiger partial charge in [-0.1, -0.05) is 141 Å². The molecule has 5 heteroatoms. The molecule has 0 unspecified atom stereocenters. The predicted octanol–water partition coefficient (Wildman–Crippen LogP) is 14.8. The van der Waals surface area contributed by atoms with Crippen molar-refractivity contribution in [2.45, 2.75) is 26.7 Å². The highest BCUT2D eigenvalue weighted by atomic mass is 15.2. The second-order valence-electron chi connectivity index (χ2n) is 19.5. The van der Waals surface area contributed by atoms with Crippen LogP contribution in [0.4, 0.5) is 34.1 Å². The summed E-state index contributed by atoms with van der Waals surface area (Å²) in [5.74, 6) is 0. The summed E-state index contributed by atoms with van der Waals surface area (Å²) in [5.41, 5.74) is 16.4. The van der Waals surface area contributed by atoms with E-state index in [9.17, 15) is 0 Å². The lowest BCUT2D eigenvalue weighted by Gasteiger charge is -2.43. The highest BCUT2D eigenvalue weighted by molar-refractivity contribution is 7.00. The minimum Gasteiger partial charge on any atom is -0.353 e. The molecule has 2 aliphatic rings. The van der Waals surface area contributed by atoms with Crippen LogP contribution in [0.1, 0.15) is 25.0 Å². The summed E-state index contributed by atoms with van der Waals surface area (Å²) in [4.78, 5) is 5.24. The summed E-state index contributed by atoms with van der Waals surface area (Å²) in [6, 6.07) is 71.6. The van der Waals surface area contributed by atoms with Gasteiger partial charge in [-0.2, -0.15) is 0 Å². The second kappa shape index (κ2) is 14.1. The van der Waals surface area contributed by atoms with Crippen LogP contribution in [0.25, 0.3) is 86.4 Å². The average molecular weight is 883 g/mol. The highest BCUT2D eigenvalue weighted by Crippen LogP contribution is 2.50. The van der Waals surface area contributed by atoms with Gasteiger partial charge in [0.05, 0.1) is 11.4 Å². The summed E-state index contributed by atoms with van der Waals surface area (Å²) in [6.45, 7) is 4.50. The first kappa shape index (κ1) is 38.8. The van der Waals surface area contributed by atoms with Gasteiger partial charge in [-0.25, -0.2) is 0 Å². The van der Waals surface area contributed by atoms with E-state index in [-0.39, 0.29) is 6.71 Å². The molecule has 0 amide bonds. The molecule has 2 aromatic heterocycles. The number of aryl methyl sites for hydroxylation is 4. The van der Waals surface area contributed by atoms with Crippen molar-refractivity contribution < 1.29 is 0 Å². The monoisotopic (exact) mass is 882 g/mol. The maximum Gasteiger partial charge on any atom is 0.292 e. The molecular formula is C64H47BN4. The number of anilines is 6. The minimum absolute atomic E-state index is 0.0471. The number of fused-ring (bicyclic) bond motifs is 20. The number of hydrogen-bond donors (Lipinski definition) is 0. The van der Waals surface area contributed by atoms with E-state index in [2.05, 4.69) is 235 Å². The Morgan fingerprint density at radius 1 is 0.333 bits per heavy atom. The van der Waals surface area contributed by atoms with Crippen LogP contribution in [0, 0.1) is 0 Å². The van der Waals surface area contributed by atoms with Gasteiger partial charge in [0.15, 0.2) is 0 Å². The first-order valence-electron chi connectivity index (χ1n) is 24.6. The SMILES string of the molecule is CCc1ccc2c(c1)c1c(n2C)B2c3c(cccc3N(c3ccc4c5ccccc5c5ccccc5c4c3)c3c2n(C)c2ccc(CC)cc32)N1c1ccc2c3ccccc3c3ccccc3c2c1. The van der Waals surface area contributed by atoms with Crippen molar-refractivity contribution in [3.8, 4) is 0 Å². The molecule has 0 saturated carbocycles. The summed E-state index contributed by atoms with van der Waals surface area (Å²) in [7, 11) is 4.61. The number of aromatic nitrogens is 2. The average Bonchev–Trinajstić information content (AvgIpc) is 3.87. The standard InChI is InChI=1S/C64H47BN4/c1-5-38-26-32-56-54(34-38)61-63(66(56)3)65-60-58(68(61)40-28-30-50-46-20-9-7-16-42(46)44-18-11-13-22-48(44)52(50)36-40)24-15-25-59(60)69(62-55-35-39(6-2)27-33-57(55)67(4)64(62)65)41-29-31-51-47-21-10-8-17-43(47)45-19-12-14-23-49(45)53(51)37-41/h7-37H,5-6H2,1-4H3. The molecule has 4 nitrogen and oxygen atoms in total. The second-order valence-corrected chi connectivity index (χ2v) is 19.5. The summed E-state index contributed by atoms with van der Waals surface area (Å²) in [5, 5.41) is 17.9. The van der Waals surface area contributed by atoms with E-state index in [1.807, 2.05) is 0 Å². The fourth-order valence-electron chi connectivity index (χ4n) is 13.0. The van der Waals surface area contributed by atoms with Gasteiger partial charge in [-0.05, 0) is 155 Å². The third kappa shape index (κ3) is 5.09. The zero-order chi connectivity index (χ0) is 45.8. The van der Waals surface area contributed by atoms with Gasteiger partial charge in [0.1, 0.15) is 0 Å². The van der Waals surface area contributed by atoms with Crippen molar-refractivity contribution in [2.75, 3.05) is 9.80 Å². The zero-order valence-corrected chi connectivity index (χ0v) is 39.2. The van der Waals surface area contributed by atoms with Crippen molar-refractivity contribution in [2.24, 2.45) is 14.1 Å². The lowest BCUT2D eigenvalue weighted by molar-refractivity contribution is 0.981. The van der Waals surface area contributed by atoms with Gasteiger partial charge in [-0.15, -0.1) is 0 Å². The summed E-state index contributed by atoms with van der Waals surface area (Å²) < 4.78 is 5.04. The minimum atomic E-state index is -0.0471. The molecule has 2 aliphatic heterocycles. The Kier molecular flexibility index (Phi) is 7.95. The van der Waals surface area contributed by atoms with Crippen molar-refractivity contribution >= 4 is 144 Å². The molecule has 69 heavy (non-hydrogen) atoms. The molecule has 326 valence electrons. The Balaban J connectivity index is 1.07. The van der Waals surface area contributed by atoms with E-state index in [0.29, 0.717) is 0 Å². The van der Waals surface area contributed by atoms with E-state index in [1.165, 1.54) is 137 Å². The van der Waals surface area contributed by atoms with E-state index >= 15 is 0 Å². The van der Waals surface area contributed by atoms with Gasteiger partial charge >= 0.3 is 0 Å². The Bertz CT molecular complexity index is 4050. The third-order valence-electron chi connectivity index (χ3n) is 16.2. The number of benzene rings is 11. The van der Waals surface area contributed by atoms with Gasteiger partial charge in [0, 0.05) is 69.8 Å². The molecule has 11 aromatic carbocycles. The van der Waals surface area contributed by atoms with Gasteiger partial charge < -0.3 is 18.9 Å². The summed E-state index contributed by atoms with van der Waals surface area (Å²) in [6.07, 6.45) is 1.94. The normalized spacial score (nSPS) is 13.2. The van der Waals surface area contributed by atoms with E-state index in [4.69, 9.17) is 0 Å². The van der Waals surface area contributed by atoms with Crippen molar-refractivity contribution in [1.82, 2.24) is 9.13 Å². The molecule has 0 atom stereocenters. The molecular weight excluding hydrogens is 836 g/mol. The number of rotatable bonds is 4.